The molecule has 0 radical (unpaired) electrons. The number of carbonyl (C=O) groups is 1. The molecule has 44 heavy (non-hydrogen) atoms. The molecule has 13 heteroatoms. The van der Waals surface area contributed by atoms with Crippen molar-refractivity contribution in [2.24, 2.45) is 5.73 Å². The molecule has 3 aromatic rings. The highest BCUT2D eigenvalue weighted by Crippen LogP contribution is 2.29. The number of hydrogen-bond donors (Lipinski definition) is 4. The van der Waals surface area contributed by atoms with Crippen LogP contribution in [0.1, 0.15) is 54.2 Å². The second-order valence-electron chi connectivity index (χ2n) is 11.4. The number of aryl methyl sites for hydroxylation is 2. The molecule has 0 unspecified atom stereocenters. The number of hydrogen-bond acceptors (Lipinski definition) is 6. The molecule has 5 N–H and O–H groups in total. The second-order valence-corrected chi connectivity index (χ2v) is 15.7. The number of sulfonamides is 2. The molecule has 9 nitrogen and oxygen atoms in total. The molecule has 0 saturated heterocycles. The van der Waals surface area contributed by atoms with Crippen molar-refractivity contribution in [1.29, 1.82) is 0 Å². The average molecular weight is 684 g/mol. The topological polar surface area (TPSA) is 147 Å². The fourth-order valence-electron chi connectivity index (χ4n) is 3.99. The van der Waals surface area contributed by atoms with Crippen molar-refractivity contribution >= 4 is 66.6 Å². The Morgan fingerprint density at radius 1 is 0.818 bits per heavy atom. The molecular formula is C31H40Cl2N4O5S2. The molecule has 0 spiro atoms. The van der Waals surface area contributed by atoms with Gasteiger partial charge in [0.2, 0.25) is 26.0 Å². The number of halogens is 2. The van der Waals surface area contributed by atoms with E-state index in [0.717, 1.165) is 34.8 Å². The first-order valence-corrected chi connectivity index (χ1v) is 18.0. The largest absolute Gasteiger partial charge is 0.348 e. The van der Waals surface area contributed by atoms with Gasteiger partial charge in [0, 0.05) is 19.2 Å². The number of anilines is 2. The monoisotopic (exact) mass is 682 g/mol. The van der Waals surface area contributed by atoms with Crippen LogP contribution in [0.15, 0.2) is 54.6 Å². The Hall–Kier alpha value is -3.09. The number of nitrogens with one attached hydrogen (secondary N) is 3. The molecule has 240 valence electrons. The first-order valence-electron chi connectivity index (χ1n) is 13.5. The van der Waals surface area contributed by atoms with Crippen molar-refractivity contribution in [1.82, 2.24) is 5.32 Å². The third-order valence-electron chi connectivity index (χ3n) is 6.18. The van der Waals surface area contributed by atoms with Crippen LogP contribution < -0.4 is 20.5 Å². The van der Waals surface area contributed by atoms with Gasteiger partial charge in [-0.05, 0) is 70.9 Å². The summed E-state index contributed by atoms with van der Waals surface area (Å²) in [6.07, 6.45) is 5.40. The summed E-state index contributed by atoms with van der Waals surface area (Å²) in [5.41, 5.74) is 11.6. The molecule has 0 saturated carbocycles. The van der Waals surface area contributed by atoms with E-state index in [1.54, 1.807) is 44.2 Å². The zero-order valence-electron chi connectivity index (χ0n) is 25.9. The highest BCUT2D eigenvalue weighted by atomic mass is 35.5. The van der Waals surface area contributed by atoms with E-state index in [4.69, 9.17) is 28.9 Å². The van der Waals surface area contributed by atoms with Crippen LogP contribution in [0.4, 0.5) is 11.4 Å². The summed E-state index contributed by atoms with van der Waals surface area (Å²) in [7, 11) is -6.73. The SMILES string of the molecule is Cc1cc(CN)cc(Cl)c1NS(C)(=O)=O.Cc1cc(CNC(=O)C=Cc2ccc(C(C)(C)C)cc2)cc(Cl)c1NS(C)(=O)=O. The van der Waals surface area contributed by atoms with Crippen LogP contribution in [0.5, 0.6) is 0 Å². The minimum Gasteiger partial charge on any atom is -0.348 e. The first-order chi connectivity index (χ1) is 20.2. The fourth-order valence-corrected chi connectivity index (χ4v) is 6.06. The Balaban J connectivity index is 0.000000378. The quantitative estimate of drug-likeness (QED) is 0.200. The number of amides is 1. The van der Waals surface area contributed by atoms with Gasteiger partial charge in [-0.25, -0.2) is 16.8 Å². The van der Waals surface area contributed by atoms with E-state index in [1.807, 2.05) is 12.1 Å². The molecule has 3 aromatic carbocycles. The van der Waals surface area contributed by atoms with Gasteiger partial charge in [-0.15, -0.1) is 0 Å². The predicted octanol–water partition coefficient (Wildman–Crippen LogP) is 6.13. The van der Waals surface area contributed by atoms with Gasteiger partial charge in [-0.1, -0.05) is 80.4 Å². The van der Waals surface area contributed by atoms with Crippen LogP contribution in [0.25, 0.3) is 6.08 Å². The molecule has 0 aromatic heterocycles. The maximum atomic E-state index is 12.1. The van der Waals surface area contributed by atoms with E-state index in [2.05, 4.69) is 47.7 Å². The number of carbonyl (C=O) groups excluding carboxylic acids is 1. The molecule has 0 fully saturated rings. The average Bonchev–Trinajstić information content (AvgIpc) is 2.89. The molecule has 0 heterocycles. The van der Waals surface area contributed by atoms with E-state index in [0.29, 0.717) is 28.5 Å². The van der Waals surface area contributed by atoms with Crippen molar-refractivity contribution < 1.29 is 21.6 Å². The molecule has 0 bridgehead atoms. The zero-order chi connectivity index (χ0) is 33.5. The Kier molecular flexibility index (Phi) is 12.9. The lowest BCUT2D eigenvalue weighted by Gasteiger charge is -2.18. The summed E-state index contributed by atoms with van der Waals surface area (Å²) in [6.45, 7) is 10.7. The van der Waals surface area contributed by atoms with Crippen LogP contribution in [0.3, 0.4) is 0 Å². The van der Waals surface area contributed by atoms with Crippen molar-refractivity contribution in [2.45, 2.75) is 53.1 Å². The van der Waals surface area contributed by atoms with E-state index < -0.39 is 20.0 Å². The lowest BCUT2D eigenvalue weighted by molar-refractivity contribution is -0.116. The summed E-state index contributed by atoms with van der Waals surface area (Å²) in [5, 5.41) is 3.45. The van der Waals surface area contributed by atoms with Crippen molar-refractivity contribution in [3.8, 4) is 0 Å². The summed E-state index contributed by atoms with van der Waals surface area (Å²) in [6, 6.07) is 15.0. The van der Waals surface area contributed by atoms with Gasteiger partial charge in [0.15, 0.2) is 0 Å². The maximum absolute atomic E-state index is 12.1. The summed E-state index contributed by atoms with van der Waals surface area (Å²) < 4.78 is 49.8. The number of nitrogens with two attached hydrogens (primary N) is 1. The van der Waals surface area contributed by atoms with Crippen LogP contribution in [-0.4, -0.2) is 35.3 Å². The van der Waals surface area contributed by atoms with Gasteiger partial charge >= 0.3 is 0 Å². The van der Waals surface area contributed by atoms with Crippen molar-refractivity contribution in [2.75, 3.05) is 22.0 Å². The summed E-state index contributed by atoms with van der Waals surface area (Å²) in [4.78, 5) is 12.1. The first kappa shape index (κ1) is 37.1. The molecule has 0 aliphatic carbocycles. The maximum Gasteiger partial charge on any atom is 0.244 e. The normalized spacial score (nSPS) is 12.0. The van der Waals surface area contributed by atoms with E-state index in [-0.39, 0.29) is 22.9 Å². The molecule has 0 atom stereocenters. The Bertz CT molecular complexity index is 1690. The van der Waals surface area contributed by atoms with Crippen LogP contribution in [0.2, 0.25) is 10.0 Å². The Morgan fingerprint density at radius 2 is 1.27 bits per heavy atom. The zero-order valence-corrected chi connectivity index (χ0v) is 29.0. The molecule has 1 amide bonds. The van der Waals surface area contributed by atoms with Crippen molar-refractivity contribution in [3.05, 3.63) is 98.0 Å². The smallest absolute Gasteiger partial charge is 0.244 e. The minimum absolute atomic E-state index is 0.0887. The second kappa shape index (κ2) is 15.3. The predicted molar refractivity (Wildman–Crippen MR) is 183 cm³/mol. The van der Waals surface area contributed by atoms with Gasteiger partial charge in [0.25, 0.3) is 0 Å². The summed E-state index contributed by atoms with van der Waals surface area (Å²) >= 11 is 12.1. The van der Waals surface area contributed by atoms with Crippen LogP contribution in [-0.2, 0) is 43.3 Å². The Labute approximate surface area is 271 Å². The van der Waals surface area contributed by atoms with Gasteiger partial charge in [0.1, 0.15) is 0 Å². The Morgan fingerprint density at radius 3 is 1.68 bits per heavy atom. The number of benzene rings is 3. The molecule has 0 aliphatic rings. The highest BCUT2D eigenvalue weighted by molar-refractivity contribution is 7.92. The van der Waals surface area contributed by atoms with Gasteiger partial charge < -0.3 is 11.1 Å². The third-order valence-corrected chi connectivity index (χ3v) is 7.92. The molecular weight excluding hydrogens is 643 g/mol. The molecule has 0 aliphatic heterocycles. The van der Waals surface area contributed by atoms with Crippen molar-refractivity contribution in [3.63, 3.8) is 0 Å². The summed E-state index contributed by atoms with van der Waals surface area (Å²) in [5.74, 6) is -0.225. The molecule has 3 rings (SSSR count). The van der Waals surface area contributed by atoms with E-state index >= 15 is 0 Å². The lowest BCUT2D eigenvalue weighted by atomic mass is 9.87. The van der Waals surface area contributed by atoms with E-state index in [1.165, 1.54) is 11.6 Å². The number of rotatable bonds is 9. The van der Waals surface area contributed by atoms with Gasteiger partial charge in [-0.3, -0.25) is 14.2 Å². The fraction of sp³-hybridized carbons (Fsp3) is 0.323. The van der Waals surface area contributed by atoms with Crippen LogP contribution in [0, 0.1) is 13.8 Å². The third kappa shape index (κ3) is 12.5. The van der Waals surface area contributed by atoms with E-state index in [9.17, 15) is 21.6 Å². The minimum atomic E-state index is -3.42. The highest BCUT2D eigenvalue weighted by Gasteiger charge is 2.13. The standard InChI is InChI=1S/C22H27ClN2O3S.C9H13ClN2O2S/c1-15-12-17(13-19(23)21(15)25-29(5,27)28)14-24-20(26)11-8-16-6-9-18(10-7-16)22(2,3)4;1-6-3-7(5-11)4-8(10)9(6)12-15(2,13)14/h6-13,25H,14H2,1-5H3,(H,24,26);3-4,12H,5,11H2,1-2H3. The van der Waals surface area contributed by atoms with Gasteiger partial charge in [-0.2, -0.15) is 0 Å². The van der Waals surface area contributed by atoms with Crippen LogP contribution >= 0.6 is 23.2 Å². The van der Waals surface area contributed by atoms with Gasteiger partial charge in [0.05, 0.1) is 33.9 Å². The lowest BCUT2D eigenvalue weighted by Crippen LogP contribution is -2.20.